The van der Waals surface area contributed by atoms with Gasteiger partial charge >= 0.3 is 0 Å². The molecule has 28 heavy (non-hydrogen) atoms. The molecule has 6 heteroatoms. The molecule has 0 saturated carbocycles. The molecule has 4 rings (SSSR count). The summed E-state index contributed by atoms with van der Waals surface area (Å²) in [5.41, 5.74) is 2.91. The number of carbonyl (C=O) groups excluding carboxylic acids is 1. The van der Waals surface area contributed by atoms with Gasteiger partial charge in [-0.15, -0.1) is 0 Å². The molecule has 1 saturated heterocycles. The van der Waals surface area contributed by atoms with Crippen LogP contribution in [-0.2, 0) is 11.3 Å². The van der Waals surface area contributed by atoms with Crippen molar-refractivity contribution in [3.05, 3.63) is 71.7 Å². The molecule has 1 amide bonds. The zero-order valence-corrected chi connectivity index (χ0v) is 15.9. The Balaban J connectivity index is 1.47. The van der Waals surface area contributed by atoms with Gasteiger partial charge in [-0.2, -0.15) is 0 Å². The maximum atomic E-state index is 13.3. The van der Waals surface area contributed by atoms with E-state index in [1.165, 1.54) is 0 Å². The Hall–Kier alpha value is -2.99. The first-order chi connectivity index (χ1) is 13.7. The van der Waals surface area contributed by atoms with E-state index in [0.29, 0.717) is 36.7 Å². The summed E-state index contributed by atoms with van der Waals surface area (Å²) in [6.45, 7) is 3.51. The molecule has 144 valence electrons. The first-order valence-corrected chi connectivity index (χ1v) is 9.55. The van der Waals surface area contributed by atoms with Crippen LogP contribution >= 0.6 is 0 Å². The van der Waals surface area contributed by atoms with Crippen LogP contribution in [0.4, 0.5) is 0 Å². The van der Waals surface area contributed by atoms with Gasteiger partial charge in [0.15, 0.2) is 0 Å². The average Bonchev–Trinajstić information content (AvgIpc) is 3.14. The van der Waals surface area contributed by atoms with Crippen molar-refractivity contribution in [2.75, 3.05) is 13.1 Å². The van der Waals surface area contributed by atoms with E-state index in [4.69, 9.17) is 9.26 Å². The molecular formula is C22H23N3O3. The van der Waals surface area contributed by atoms with Gasteiger partial charge in [0.2, 0.25) is 0 Å². The number of aryl methyl sites for hydroxylation is 1. The molecule has 1 atom stereocenters. The van der Waals surface area contributed by atoms with E-state index in [-0.39, 0.29) is 12.0 Å². The van der Waals surface area contributed by atoms with E-state index in [0.717, 1.165) is 24.1 Å². The lowest BCUT2D eigenvalue weighted by molar-refractivity contribution is -0.00788. The summed E-state index contributed by atoms with van der Waals surface area (Å²) < 4.78 is 11.4. The number of carbonyl (C=O) groups is 1. The van der Waals surface area contributed by atoms with Crippen molar-refractivity contribution < 1.29 is 14.1 Å². The molecule has 1 aromatic carbocycles. The Labute approximate surface area is 164 Å². The van der Waals surface area contributed by atoms with Crippen molar-refractivity contribution in [2.24, 2.45) is 0 Å². The van der Waals surface area contributed by atoms with Gasteiger partial charge in [0, 0.05) is 24.8 Å². The molecule has 1 fully saturated rings. The average molecular weight is 377 g/mol. The Bertz CT molecular complexity index is 925. The molecular weight excluding hydrogens is 354 g/mol. The summed E-state index contributed by atoms with van der Waals surface area (Å²) >= 11 is 0. The van der Waals surface area contributed by atoms with Crippen molar-refractivity contribution in [3.63, 3.8) is 0 Å². The lowest BCUT2D eigenvalue weighted by Gasteiger charge is -2.32. The summed E-state index contributed by atoms with van der Waals surface area (Å²) in [5, 5.41) is 4.13. The third kappa shape index (κ3) is 3.97. The lowest BCUT2D eigenvalue weighted by atomic mass is 10.0. The number of hydrogen-bond acceptors (Lipinski definition) is 5. The first kappa shape index (κ1) is 18.4. The van der Waals surface area contributed by atoms with E-state index in [1.54, 1.807) is 13.1 Å². The van der Waals surface area contributed by atoms with Crippen LogP contribution < -0.4 is 0 Å². The first-order valence-electron chi connectivity index (χ1n) is 9.55. The van der Waals surface area contributed by atoms with Crippen LogP contribution in [0.5, 0.6) is 0 Å². The van der Waals surface area contributed by atoms with Gasteiger partial charge in [0.1, 0.15) is 17.0 Å². The number of nitrogens with zero attached hydrogens (tertiary/aromatic N) is 3. The van der Waals surface area contributed by atoms with Gasteiger partial charge in [-0.1, -0.05) is 41.6 Å². The number of aromatic nitrogens is 2. The van der Waals surface area contributed by atoms with Crippen LogP contribution in [-0.4, -0.2) is 40.1 Å². The molecule has 2 aromatic heterocycles. The summed E-state index contributed by atoms with van der Waals surface area (Å²) in [5.74, 6) is 0.490. The van der Waals surface area contributed by atoms with E-state index in [2.05, 4.69) is 10.1 Å². The van der Waals surface area contributed by atoms with Gasteiger partial charge in [0.05, 0.1) is 18.4 Å². The molecule has 0 bridgehead atoms. The normalized spacial score (nSPS) is 16.9. The van der Waals surface area contributed by atoms with Crippen molar-refractivity contribution in [2.45, 2.75) is 32.5 Å². The van der Waals surface area contributed by atoms with Crippen molar-refractivity contribution in [1.29, 1.82) is 0 Å². The van der Waals surface area contributed by atoms with Crippen LogP contribution in [0.15, 0.2) is 59.3 Å². The third-order valence-corrected chi connectivity index (χ3v) is 4.98. The number of likely N-dealkylation sites (tertiary alicyclic amines) is 1. The third-order valence-electron chi connectivity index (χ3n) is 4.98. The second-order valence-electron chi connectivity index (χ2n) is 6.98. The van der Waals surface area contributed by atoms with Crippen LogP contribution in [0, 0.1) is 6.92 Å². The summed E-state index contributed by atoms with van der Waals surface area (Å²) in [4.78, 5) is 19.4. The SMILES string of the molecule is Cc1onc(-c2ccccc2)c1C(=O)N1CCCC(OCc2ccccn2)C1. The number of hydrogen-bond donors (Lipinski definition) is 0. The van der Waals surface area contributed by atoms with Crippen molar-refractivity contribution in [3.8, 4) is 11.3 Å². The topological polar surface area (TPSA) is 68.5 Å². The number of benzene rings is 1. The number of piperidine rings is 1. The molecule has 1 aliphatic rings. The largest absolute Gasteiger partial charge is 0.370 e. The van der Waals surface area contributed by atoms with Crippen LogP contribution in [0.25, 0.3) is 11.3 Å². The highest BCUT2D eigenvalue weighted by Gasteiger charge is 2.30. The minimum absolute atomic E-state index is 0.0000442. The van der Waals surface area contributed by atoms with Crippen LogP contribution in [0.1, 0.15) is 34.7 Å². The maximum Gasteiger partial charge on any atom is 0.259 e. The molecule has 0 N–H and O–H groups in total. The van der Waals surface area contributed by atoms with Crippen LogP contribution in [0.3, 0.4) is 0 Å². The molecule has 0 radical (unpaired) electrons. The highest BCUT2D eigenvalue weighted by atomic mass is 16.5. The Morgan fingerprint density at radius 1 is 1.21 bits per heavy atom. The number of ether oxygens (including phenoxy) is 1. The minimum Gasteiger partial charge on any atom is -0.370 e. The predicted octanol–water partition coefficient (Wildman–Crippen LogP) is 3.87. The van der Waals surface area contributed by atoms with Gasteiger partial charge in [0.25, 0.3) is 5.91 Å². The van der Waals surface area contributed by atoms with E-state index in [1.807, 2.05) is 53.4 Å². The molecule has 3 heterocycles. The number of rotatable bonds is 5. The van der Waals surface area contributed by atoms with Gasteiger partial charge in [-0.25, -0.2) is 0 Å². The maximum absolute atomic E-state index is 13.3. The lowest BCUT2D eigenvalue weighted by Crippen LogP contribution is -2.43. The summed E-state index contributed by atoms with van der Waals surface area (Å²) in [6, 6.07) is 15.4. The standard InChI is InChI=1S/C22H23N3O3/c1-16-20(21(24-28-16)17-8-3-2-4-9-17)22(26)25-13-7-11-19(14-25)27-15-18-10-5-6-12-23-18/h2-6,8-10,12,19H,7,11,13-15H2,1H3. The fraction of sp³-hybridized carbons (Fsp3) is 0.318. The Morgan fingerprint density at radius 3 is 2.82 bits per heavy atom. The number of pyridine rings is 1. The monoisotopic (exact) mass is 377 g/mol. The van der Waals surface area contributed by atoms with Crippen molar-refractivity contribution >= 4 is 5.91 Å². The van der Waals surface area contributed by atoms with E-state index in [9.17, 15) is 4.79 Å². The quantitative estimate of drug-likeness (QED) is 0.675. The summed E-state index contributed by atoms with van der Waals surface area (Å²) in [6.07, 6.45) is 3.60. The predicted molar refractivity (Wildman–Crippen MR) is 105 cm³/mol. The van der Waals surface area contributed by atoms with Gasteiger partial charge < -0.3 is 14.2 Å². The summed E-state index contributed by atoms with van der Waals surface area (Å²) in [7, 11) is 0. The fourth-order valence-corrected chi connectivity index (χ4v) is 3.52. The van der Waals surface area contributed by atoms with Crippen molar-refractivity contribution in [1.82, 2.24) is 15.0 Å². The molecule has 0 spiro atoms. The molecule has 3 aromatic rings. The van der Waals surface area contributed by atoms with Crippen LogP contribution in [0.2, 0.25) is 0 Å². The second-order valence-corrected chi connectivity index (χ2v) is 6.98. The zero-order valence-electron chi connectivity index (χ0n) is 15.9. The Kier molecular flexibility index (Phi) is 5.48. The van der Waals surface area contributed by atoms with Gasteiger partial charge in [-0.05, 0) is 31.9 Å². The second kappa shape index (κ2) is 8.35. The molecule has 0 aliphatic carbocycles. The zero-order chi connectivity index (χ0) is 19.3. The molecule has 1 aliphatic heterocycles. The van der Waals surface area contributed by atoms with Gasteiger partial charge in [-0.3, -0.25) is 9.78 Å². The molecule has 6 nitrogen and oxygen atoms in total. The number of amides is 1. The minimum atomic E-state index is -0.0521. The van der Waals surface area contributed by atoms with E-state index >= 15 is 0 Å². The van der Waals surface area contributed by atoms with E-state index < -0.39 is 0 Å². The Morgan fingerprint density at radius 2 is 2.04 bits per heavy atom. The molecule has 1 unspecified atom stereocenters. The smallest absolute Gasteiger partial charge is 0.259 e. The fourth-order valence-electron chi connectivity index (χ4n) is 3.52. The highest BCUT2D eigenvalue weighted by Crippen LogP contribution is 2.27. The highest BCUT2D eigenvalue weighted by molar-refractivity contribution is 6.00.